The largest absolute Gasteiger partial charge is 0.495 e. The Bertz CT molecular complexity index is 463. The number of nitrogens with one attached hydrogen (secondary N) is 1. The molecule has 0 fully saturated rings. The maximum atomic E-state index is 12.3. The fourth-order valence-corrected chi connectivity index (χ4v) is 2.66. The maximum absolute atomic E-state index is 12.3. The van der Waals surface area contributed by atoms with Crippen molar-refractivity contribution in [3.63, 3.8) is 0 Å². The topological polar surface area (TPSA) is 81.4 Å². The van der Waals surface area contributed by atoms with Crippen LogP contribution in [0.2, 0.25) is 0 Å². The number of amides is 1. The van der Waals surface area contributed by atoms with Crippen LogP contribution in [0.4, 0.5) is 5.69 Å². The van der Waals surface area contributed by atoms with Crippen molar-refractivity contribution in [3.05, 3.63) is 18.2 Å². The molecule has 0 aliphatic carbocycles. The van der Waals surface area contributed by atoms with Crippen molar-refractivity contribution in [1.29, 1.82) is 0 Å². The summed E-state index contributed by atoms with van der Waals surface area (Å²) >= 11 is 0. The van der Waals surface area contributed by atoms with Gasteiger partial charge >= 0.3 is 0 Å². The molecule has 100 valence electrons. The zero-order valence-corrected chi connectivity index (χ0v) is 11.5. The first-order valence-corrected chi connectivity index (χ1v) is 6.84. The van der Waals surface area contributed by atoms with Crippen molar-refractivity contribution >= 4 is 22.4 Å². The van der Waals surface area contributed by atoms with E-state index in [2.05, 4.69) is 5.32 Å². The quantitative estimate of drug-likeness (QED) is 0.779. The van der Waals surface area contributed by atoms with Crippen LogP contribution in [0.5, 0.6) is 5.75 Å². The average molecular weight is 270 g/mol. The summed E-state index contributed by atoms with van der Waals surface area (Å²) in [6.07, 6.45) is 0. The van der Waals surface area contributed by atoms with Crippen LogP contribution in [0.1, 0.15) is 13.8 Å². The number of hydrogen-bond donors (Lipinski definition) is 2. The number of methoxy groups -OCH3 is 1. The molecule has 0 radical (unpaired) electrons. The van der Waals surface area contributed by atoms with Gasteiger partial charge in [-0.25, -0.2) is 0 Å². The van der Waals surface area contributed by atoms with E-state index >= 15 is 0 Å². The number of nitrogens with two attached hydrogens (primary N) is 1. The minimum Gasteiger partial charge on any atom is -0.495 e. The molecule has 18 heavy (non-hydrogen) atoms. The predicted octanol–water partition coefficient (Wildman–Crippen LogP) is 0.910. The average Bonchev–Trinajstić information content (AvgIpc) is 2.37. The number of anilines is 1. The van der Waals surface area contributed by atoms with Gasteiger partial charge in [0.2, 0.25) is 5.91 Å². The lowest BCUT2D eigenvalue weighted by molar-refractivity contribution is -0.120. The molecule has 0 saturated heterocycles. The van der Waals surface area contributed by atoms with E-state index in [9.17, 15) is 9.00 Å². The van der Waals surface area contributed by atoms with Crippen LogP contribution in [0, 0.1) is 0 Å². The van der Waals surface area contributed by atoms with E-state index < -0.39 is 16.0 Å². The summed E-state index contributed by atoms with van der Waals surface area (Å²) in [5.41, 5.74) is 6.15. The van der Waals surface area contributed by atoms with Gasteiger partial charge in [0.15, 0.2) is 0 Å². The smallest absolute Gasteiger partial charge is 0.235 e. The molecule has 1 rings (SSSR count). The highest BCUT2D eigenvalue weighted by Gasteiger charge is 2.23. The lowest BCUT2D eigenvalue weighted by Gasteiger charge is -2.14. The molecule has 6 heteroatoms. The molecule has 0 aromatic heterocycles. The Balaban J connectivity index is 3.00. The molecule has 3 N–H and O–H groups in total. The van der Waals surface area contributed by atoms with E-state index in [-0.39, 0.29) is 5.91 Å². The van der Waals surface area contributed by atoms with E-state index in [1.807, 2.05) is 6.92 Å². The number of carbonyl (C=O) groups is 1. The third kappa shape index (κ3) is 3.22. The molecule has 1 amide bonds. The van der Waals surface area contributed by atoms with Gasteiger partial charge in [0.1, 0.15) is 11.0 Å². The van der Waals surface area contributed by atoms with Gasteiger partial charge in [-0.1, -0.05) is 0 Å². The van der Waals surface area contributed by atoms with E-state index in [0.29, 0.717) is 22.9 Å². The monoisotopic (exact) mass is 270 g/mol. The standard InChI is InChI=1S/C12H18N2O3S/c1-4-14-12(15)8(2)18(16)11-6-5-9(13)7-10(11)17-3/h5-8H,4,13H2,1-3H3,(H,14,15). The molecule has 0 aliphatic heterocycles. The van der Waals surface area contributed by atoms with Crippen molar-refractivity contribution in [2.45, 2.75) is 24.0 Å². The molecule has 0 aliphatic rings. The van der Waals surface area contributed by atoms with Crippen molar-refractivity contribution in [2.24, 2.45) is 0 Å². The molecule has 0 spiro atoms. The fraction of sp³-hybridized carbons (Fsp3) is 0.417. The predicted molar refractivity (Wildman–Crippen MR) is 72.0 cm³/mol. The molecule has 5 nitrogen and oxygen atoms in total. The van der Waals surface area contributed by atoms with E-state index in [1.54, 1.807) is 25.1 Å². The Morgan fingerprint density at radius 3 is 2.78 bits per heavy atom. The van der Waals surface area contributed by atoms with Gasteiger partial charge < -0.3 is 15.8 Å². The number of rotatable bonds is 5. The Morgan fingerprint density at radius 2 is 2.22 bits per heavy atom. The lowest BCUT2D eigenvalue weighted by atomic mass is 10.3. The second-order valence-corrected chi connectivity index (χ2v) is 5.49. The highest BCUT2D eigenvalue weighted by atomic mass is 32.2. The third-order valence-corrected chi connectivity index (χ3v) is 4.07. The van der Waals surface area contributed by atoms with E-state index in [0.717, 1.165) is 0 Å². The van der Waals surface area contributed by atoms with Crippen molar-refractivity contribution in [2.75, 3.05) is 19.4 Å². The van der Waals surface area contributed by atoms with Crippen molar-refractivity contribution in [3.8, 4) is 5.75 Å². The minimum absolute atomic E-state index is 0.241. The first-order valence-electron chi connectivity index (χ1n) is 5.63. The van der Waals surface area contributed by atoms with Gasteiger partial charge in [-0.05, 0) is 26.0 Å². The molecule has 2 unspecified atom stereocenters. The van der Waals surface area contributed by atoms with Crippen molar-refractivity contribution < 1.29 is 13.7 Å². The van der Waals surface area contributed by atoms with Crippen LogP contribution in [0.15, 0.2) is 23.1 Å². The second kappa shape index (κ2) is 6.39. The van der Waals surface area contributed by atoms with Crippen LogP contribution in [-0.4, -0.2) is 29.0 Å². The van der Waals surface area contributed by atoms with E-state index in [1.165, 1.54) is 7.11 Å². The normalized spacial score (nSPS) is 13.7. The van der Waals surface area contributed by atoms with E-state index in [4.69, 9.17) is 10.5 Å². The number of benzene rings is 1. The van der Waals surface area contributed by atoms with Gasteiger partial charge in [0.05, 0.1) is 22.8 Å². The second-order valence-electron chi connectivity index (χ2n) is 3.74. The molecule has 1 aromatic rings. The van der Waals surface area contributed by atoms with Crippen LogP contribution < -0.4 is 15.8 Å². The summed E-state index contributed by atoms with van der Waals surface area (Å²) in [4.78, 5) is 12.1. The molecule has 2 atom stereocenters. The van der Waals surface area contributed by atoms with Crippen molar-refractivity contribution in [1.82, 2.24) is 5.32 Å². The van der Waals surface area contributed by atoms with Crippen LogP contribution in [-0.2, 0) is 15.6 Å². The van der Waals surface area contributed by atoms with Gasteiger partial charge in [0, 0.05) is 18.3 Å². The maximum Gasteiger partial charge on any atom is 0.235 e. The van der Waals surface area contributed by atoms with Crippen LogP contribution in [0.3, 0.4) is 0 Å². The Hall–Kier alpha value is -1.56. The molecular formula is C12H18N2O3S. The molecule has 0 heterocycles. The number of ether oxygens (including phenoxy) is 1. The van der Waals surface area contributed by atoms with Crippen LogP contribution in [0.25, 0.3) is 0 Å². The summed E-state index contributed by atoms with van der Waals surface area (Å²) in [5.74, 6) is 0.194. The first-order chi connectivity index (χ1) is 8.51. The van der Waals surface area contributed by atoms with Gasteiger partial charge in [-0.3, -0.25) is 9.00 Å². The minimum atomic E-state index is -1.47. The Kier molecular flexibility index (Phi) is 5.15. The summed E-state index contributed by atoms with van der Waals surface area (Å²) in [6, 6.07) is 4.86. The highest BCUT2D eigenvalue weighted by molar-refractivity contribution is 7.86. The number of nitrogen functional groups attached to an aromatic ring is 1. The SMILES string of the molecule is CCNC(=O)C(C)S(=O)c1ccc(N)cc1OC. The lowest BCUT2D eigenvalue weighted by Crippen LogP contribution is -2.35. The zero-order valence-electron chi connectivity index (χ0n) is 10.7. The Labute approximate surface area is 109 Å². The first kappa shape index (κ1) is 14.5. The molecule has 1 aromatic carbocycles. The van der Waals surface area contributed by atoms with Gasteiger partial charge in [-0.2, -0.15) is 0 Å². The zero-order chi connectivity index (χ0) is 13.7. The third-order valence-electron chi connectivity index (χ3n) is 2.45. The fourth-order valence-electron chi connectivity index (χ4n) is 1.46. The Morgan fingerprint density at radius 1 is 1.56 bits per heavy atom. The molecular weight excluding hydrogens is 252 g/mol. The van der Waals surface area contributed by atoms with Gasteiger partial charge in [-0.15, -0.1) is 0 Å². The summed E-state index contributed by atoms with van der Waals surface area (Å²) in [6.45, 7) is 3.95. The number of hydrogen-bond acceptors (Lipinski definition) is 4. The summed E-state index contributed by atoms with van der Waals surface area (Å²) in [5, 5.41) is 2.01. The highest BCUT2D eigenvalue weighted by Crippen LogP contribution is 2.26. The number of carbonyl (C=O) groups excluding carboxylic acids is 1. The summed E-state index contributed by atoms with van der Waals surface area (Å²) < 4.78 is 17.4. The summed E-state index contributed by atoms with van der Waals surface area (Å²) in [7, 11) is 0.00639. The molecule has 0 saturated carbocycles. The molecule has 0 bridgehead atoms. The van der Waals surface area contributed by atoms with Gasteiger partial charge in [0.25, 0.3) is 0 Å². The van der Waals surface area contributed by atoms with Crippen LogP contribution >= 0.6 is 0 Å².